The zero-order valence-electron chi connectivity index (χ0n) is 25.5. The van der Waals surface area contributed by atoms with Crippen molar-refractivity contribution >= 4 is 56.6 Å². The summed E-state index contributed by atoms with van der Waals surface area (Å²) in [6.07, 6.45) is 4.77. The van der Waals surface area contributed by atoms with Gasteiger partial charge in [0.15, 0.2) is 0 Å². The van der Waals surface area contributed by atoms with Crippen molar-refractivity contribution in [1.29, 1.82) is 0 Å². The SMILES string of the molecule is C[C@@H](Nc1ncnc2c1CN(c1ccc(Cl)cn1)CC2)c1ccc(C(F)(F)F)nc1.Clc1ccc(N2CCc3ncnc(Br)c3C2)nc1. The lowest BCUT2D eigenvalue weighted by Crippen LogP contribution is -2.32. The number of hydrogen-bond donors (Lipinski definition) is 1. The molecular weight excluding hydrogens is 732 g/mol. The maximum Gasteiger partial charge on any atom is 0.433 e. The number of fused-ring (bicyclic) bond motifs is 2. The van der Waals surface area contributed by atoms with Gasteiger partial charge in [-0.15, -0.1) is 0 Å². The van der Waals surface area contributed by atoms with Crippen LogP contribution in [-0.2, 0) is 32.1 Å². The Labute approximate surface area is 293 Å². The highest BCUT2D eigenvalue weighted by atomic mass is 79.9. The standard InChI is InChI=1S/C20H18ClF3N6.C12H10BrClN4/c1-12(13-2-4-17(25-8-13)20(22,23)24)29-19-15-10-30(7-6-16(15)27-11-28-19)18-5-3-14(21)9-26-18;13-12-9-6-18(4-3-10(9)16-7-17-12)11-2-1-8(14)5-15-11/h2-5,8-9,11-12H,6-7,10H2,1H3,(H,27,28,29);1-2,5,7H,3-4,6H2/t12-;/m1./s1. The molecule has 0 saturated heterocycles. The molecule has 48 heavy (non-hydrogen) atoms. The molecule has 7 rings (SSSR count). The van der Waals surface area contributed by atoms with Gasteiger partial charge in [-0.3, -0.25) is 4.98 Å². The van der Waals surface area contributed by atoms with E-state index in [1.54, 1.807) is 24.8 Å². The average Bonchev–Trinajstić information content (AvgIpc) is 3.09. The highest BCUT2D eigenvalue weighted by Gasteiger charge is 2.32. The number of halogens is 6. The van der Waals surface area contributed by atoms with Gasteiger partial charge < -0.3 is 15.1 Å². The van der Waals surface area contributed by atoms with E-state index >= 15 is 0 Å². The van der Waals surface area contributed by atoms with Gasteiger partial charge in [-0.2, -0.15) is 13.2 Å². The summed E-state index contributed by atoms with van der Waals surface area (Å²) in [5, 5.41) is 4.51. The second kappa shape index (κ2) is 14.5. The normalized spacial score (nSPS) is 14.7. The second-order valence-electron chi connectivity index (χ2n) is 11.1. The van der Waals surface area contributed by atoms with Crippen molar-refractivity contribution in [2.45, 2.75) is 45.1 Å². The van der Waals surface area contributed by atoms with Gasteiger partial charge >= 0.3 is 6.18 Å². The smallest absolute Gasteiger partial charge is 0.363 e. The fourth-order valence-electron chi connectivity index (χ4n) is 5.39. The number of hydrogen-bond acceptors (Lipinski definition) is 10. The minimum Gasteiger partial charge on any atom is -0.363 e. The van der Waals surface area contributed by atoms with Crippen LogP contribution >= 0.6 is 39.1 Å². The Balaban J connectivity index is 0.000000189. The lowest BCUT2D eigenvalue weighted by molar-refractivity contribution is -0.141. The lowest BCUT2D eigenvalue weighted by atomic mass is 10.0. The molecule has 0 aromatic carbocycles. The molecule has 0 spiro atoms. The zero-order chi connectivity index (χ0) is 33.8. The molecule has 0 amide bonds. The van der Waals surface area contributed by atoms with Gasteiger partial charge in [0.25, 0.3) is 0 Å². The molecule has 1 N–H and O–H groups in total. The number of anilines is 3. The van der Waals surface area contributed by atoms with E-state index in [0.717, 1.165) is 77.3 Å². The number of pyridine rings is 3. The fourth-order valence-corrected chi connectivity index (χ4v) is 6.06. The lowest BCUT2D eigenvalue weighted by Gasteiger charge is -2.30. The summed E-state index contributed by atoms with van der Waals surface area (Å²) in [5.74, 6) is 2.38. The van der Waals surface area contributed by atoms with Crippen LogP contribution in [0.4, 0.5) is 30.6 Å². The van der Waals surface area contributed by atoms with Crippen LogP contribution in [-0.4, -0.2) is 48.0 Å². The first-order valence-electron chi connectivity index (χ1n) is 14.9. The fraction of sp³-hybridized carbons (Fsp3) is 0.281. The molecule has 16 heteroatoms. The minimum atomic E-state index is -4.46. The molecule has 5 aromatic rings. The van der Waals surface area contributed by atoms with Crippen molar-refractivity contribution in [3.63, 3.8) is 0 Å². The van der Waals surface area contributed by atoms with E-state index in [2.05, 4.69) is 65.9 Å². The average molecular weight is 760 g/mol. The van der Waals surface area contributed by atoms with Crippen molar-refractivity contribution in [3.8, 4) is 0 Å². The molecule has 10 nitrogen and oxygen atoms in total. The van der Waals surface area contributed by atoms with Gasteiger partial charge in [0.2, 0.25) is 0 Å². The van der Waals surface area contributed by atoms with E-state index < -0.39 is 11.9 Å². The number of nitrogens with one attached hydrogen (secondary N) is 1. The quantitative estimate of drug-likeness (QED) is 0.181. The monoisotopic (exact) mass is 758 g/mol. The van der Waals surface area contributed by atoms with Crippen molar-refractivity contribution in [2.75, 3.05) is 28.2 Å². The van der Waals surface area contributed by atoms with Gasteiger partial charge in [0, 0.05) is 68.7 Å². The van der Waals surface area contributed by atoms with Crippen molar-refractivity contribution in [2.24, 2.45) is 0 Å². The molecule has 0 radical (unpaired) electrons. The number of aromatic nitrogens is 7. The Bertz CT molecular complexity index is 1860. The summed E-state index contributed by atoms with van der Waals surface area (Å²) in [6, 6.07) is 9.56. The van der Waals surface area contributed by atoms with E-state index in [1.165, 1.54) is 18.6 Å². The number of rotatable bonds is 5. The molecule has 0 fully saturated rings. The Morgan fingerprint density at radius 1 is 0.729 bits per heavy atom. The van der Waals surface area contributed by atoms with E-state index in [0.29, 0.717) is 28.0 Å². The highest BCUT2D eigenvalue weighted by Crippen LogP contribution is 2.31. The van der Waals surface area contributed by atoms with Crippen LogP contribution in [0.1, 0.15) is 46.7 Å². The van der Waals surface area contributed by atoms with E-state index in [-0.39, 0.29) is 6.04 Å². The van der Waals surface area contributed by atoms with E-state index in [1.807, 2.05) is 25.1 Å². The van der Waals surface area contributed by atoms with Gasteiger partial charge in [-0.1, -0.05) is 29.3 Å². The maximum atomic E-state index is 12.7. The Morgan fingerprint density at radius 3 is 1.85 bits per heavy atom. The molecule has 7 heterocycles. The molecule has 0 unspecified atom stereocenters. The number of alkyl halides is 3. The first-order chi connectivity index (χ1) is 23.0. The molecule has 2 aliphatic rings. The highest BCUT2D eigenvalue weighted by molar-refractivity contribution is 9.10. The summed E-state index contributed by atoms with van der Waals surface area (Å²) in [4.78, 5) is 33.8. The summed E-state index contributed by atoms with van der Waals surface area (Å²) in [6.45, 7) is 4.85. The van der Waals surface area contributed by atoms with Gasteiger partial charge in [0.1, 0.15) is 40.4 Å². The van der Waals surface area contributed by atoms with Crippen LogP contribution in [0.5, 0.6) is 0 Å². The maximum absolute atomic E-state index is 12.7. The van der Waals surface area contributed by atoms with Crippen molar-refractivity contribution < 1.29 is 13.2 Å². The summed E-state index contributed by atoms with van der Waals surface area (Å²) in [5.41, 5.74) is 3.84. The molecule has 0 saturated carbocycles. The van der Waals surface area contributed by atoms with Crippen LogP contribution in [0.25, 0.3) is 0 Å². The topological polar surface area (TPSA) is 109 Å². The number of nitrogens with zero attached hydrogens (tertiary/aromatic N) is 9. The van der Waals surface area contributed by atoms with Crippen molar-refractivity contribution in [1.82, 2.24) is 34.9 Å². The molecule has 248 valence electrons. The first kappa shape index (κ1) is 33.7. The zero-order valence-corrected chi connectivity index (χ0v) is 28.6. The van der Waals surface area contributed by atoms with Crippen molar-refractivity contribution in [3.05, 3.63) is 116 Å². The third-order valence-electron chi connectivity index (χ3n) is 7.95. The van der Waals surface area contributed by atoms with E-state index in [9.17, 15) is 13.2 Å². The van der Waals surface area contributed by atoms with Crippen LogP contribution < -0.4 is 15.1 Å². The van der Waals surface area contributed by atoms with Gasteiger partial charge in [-0.25, -0.2) is 29.9 Å². The van der Waals surface area contributed by atoms with Crippen LogP contribution in [0.15, 0.2) is 72.2 Å². The molecule has 0 bridgehead atoms. The predicted octanol–water partition coefficient (Wildman–Crippen LogP) is 7.52. The first-order valence-corrected chi connectivity index (χ1v) is 16.4. The third kappa shape index (κ3) is 7.93. The second-order valence-corrected chi connectivity index (χ2v) is 12.7. The Kier molecular flexibility index (Phi) is 10.2. The summed E-state index contributed by atoms with van der Waals surface area (Å²) in [7, 11) is 0. The molecule has 5 aromatic heterocycles. The summed E-state index contributed by atoms with van der Waals surface area (Å²) < 4.78 is 39.1. The van der Waals surface area contributed by atoms with Crippen LogP contribution in [0.2, 0.25) is 10.0 Å². The van der Waals surface area contributed by atoms with Crippen LogP contribution in [0, 0.1) is 0 Å². The van der Waals surface area contributed by atoms with E-state index in [4.69, 9.17) is 23.2 Å². The molecular formula is C32H28BrCl2F3N10. The molecule has 2 aliphatic heterocycles. The van der Waals surface area contributed by atoms with Gasteiger partial charge in [0.05, 0.1) is 27.5 Å². The predicted molar refractivity (Wildman–Crippen MR) is 181 cm³/mol. The van der Waals surface area contributed by atoms with Crippen LogP contribution in [0.3, 0.4) is 0 Å². The Morgan fingerprint density at radius 2 is 1.31 bits per heavy atom. The largest absolute Gasteiger partial charge is 0.433 e. The molecule has 1 atom stereocenters. The Hall–Kier alpha value is -4.14. The molecule has 0 aliphatic carbocycles. The summed E-state index contributed by atoms with van der Waals surface area (Å²) >= 11 is 15.3. The van der Waals surface area contributed by atoms with Gasteiger partial charge in [-0.05, 0) is 58.7 Å². The third-order valence-corrected chi connectivity index (χ3v) is 9.08. The minimum absolute atomic E-state index is 0.289.